The minimum absolute atomic E-state index is 0.102. The maximum atomic E-state index is 6.44. The number of nitrogens with zero attached hydrogens (tertiary/aromatic N) is 1. The van der Waals surface area contributed by atoms with E-state index in [0.717, 1.165) is 17.2 Å². The number of nitrogens with two attached hydrogens (primary N) is 1. The minimum atomic E-state index is 0.102. The molecule has 0 aliphatic heterocycles. The van der Waals surface area contributed by atoms with E-state index in [4.69, 9.17) is 10.5 Å². The number of rotatable bonds is 6. The largest absolute Gasteiger partial charge is 0.495 e. The van der Waals surface area contributed by atoms with Crippen molar-refractivity contribution in [3.8, 4) is 5.75 Å². The van der Waals surface area contributed by atoms with Crippen molar-refractivity contribution in [2.75, 3.05) is 7.11 Å². The first-order valence-electron chi connectivity index (χ1n) is 7.99. The van der Waals surface area contributed by atoms with Gasteiger partial charge in [-0.25, -0.2) is 0 Å². The van der Waals surface area contributed by atoms with Crippen LogP contribution in [0.25, 0.3) is 0 Å². The molecule has 1 fully saturated rings. The first-order chi connectivity index (χ1) is 9.74. The maximum Gasteiger partial charge on any atom is 0.137 e. The van der Waals surface area contributed by atoms with Crippen LogP contribution in [0.2, 0.25) is 0 Å². The van der Waals surface area contributed by atoms with Crippen LogP contribution in [0.1, 0.15) is 63.5 Å². The summed E-state index contributed by atoms with van der Waals surface area (Å²) in [6.45, 7) is 2.28. The minimum Gasteiger partial charge on any atom is -0.495 e. The van der Waals surface area contributed by atoms with Crippen molar-refractivity contribution in [1.82, 2.24) is 4.98 Å². The summed E-state index contributed by atoms with van der Waals surface area (Å²) in [4.78, 5) is 4.22. The van der Waals surface area contributed by atoms with E-state index in [0.29, 0.717) is 5.92 Å². The zero-order valence-corrected chi connectivity index (χ0v) is 12.8. The summed E-state index contributed by atoms with van der Waals surface area (Å²) in [6.07, 6.45) is 12.9. The Balaban J connectivity index is 1.89. The molecule has 1 aromatic rings. The monoisotopic (exact) mass is 276 g/mol. The third-order valence-corrected chi connectivity index (χ3v) is 4.72. The van der Waals surface area contributed by atoms with Crippen molar-refractivity contribution in [2.45, 2.75) is 57.9 Å². The second-order valence-electron chi connectivity index (χ2n) is 6.11. The molecule has 3 heteroatoms. The fourth-order valence-corrected chi connectivity index (χ4v) is 3.33. The topological polar surface area (TPSA) is 48.1 Å². The third-order valence-electron chi connectivity index (χ3n) is 4.72. The van der Waals surface area contributed by atoms with E-state index in [1.165, 1.54) is 44.9 Å². The average Bonchev–Trinajstić information content (AvgIpc) is 2.52. The lowest BCUT2D eigenvalue weighted by Gasteiger charge is -2.32. The lowest BCUT2D eigenvalue weighted by molar-refractivity contribution is 0.232. The van der Waals surface area contributed by atoms with E-state index < -0.39 is 0 Å². The number of hydrogen-bond acceptors (Lipinski definition) is 3. The van der Waals surface area contributed by atoms with Gasteiger partial charge in [0.2, 0.25) is 0 Å². The van der Waals surface area contributed by atoms with Crippen molar-refractivity contribution >= 4 is 0 Å². The van der Waals surface area contributed by atoms with Gasteiger partial charge < -0.3 is 10.5 Å². The predicted octanol–water partition coefficient (Wildman–Crippen LogP) is 4.09. The molecule has 1 unspecified atom stereocenters. The second-order valence-corrected chi connectivity index (χ2v) is 6.11. The Hall–Kier alpha value is -1.09. The van der Waals surface area contributed by atoms with Crippen LogP contribution in [-0.2, 0) is 0 Å². The normalized spacial score (nSPS) is 24.4. The molecule has 0 spiro atoms. The highest BCUT2D eigenvalue weighted by molar-refractivity contribution is 5.26. The van der Waals surface area contributed by atoms with Gasteiger partial charge in [0, 0.05) is 12.2 Å². The molecule has 0 amide bonds. The van der Waals surface area contributed by atoms with Crippen LogP contribution >= 0.6 is 0 Å². The lowest BCUT2D eigenvalue weighted by Crippen LogP contribution is -2.26. The fraction of sp³-hybridized carbons (Fsp3) is 0.706. The highest BCUT2D eigenvalue weighted by atomic mass is 16.5. The van der Waals surface area contributed by atoms with Crippen molar-refractivity contribution in [2.24, 2.45) is 17.6 Å². The van der Waals surface area contributed by atoms with Crippen molar-refractivity contribution in [3.63, 3.8) is 0 Å². The number of unbranched alkanes of at least 4 members (excludes halogenated alkanes) is 1. The number of ether oxygens (including phenoxy) is 1. The summed E-state index contributed by atoms with van der Waals surface area (Å²) in [5.41, 5.74) is 7.56. The number of pyridine rings is 1. The van der Waals surface area contributed by atoms with Crippen LogP contribution in [-0.4, -0.2) is 12.1 Å². The molecule has 1 aliphatic rings. The summed E-state index contributed by atoms with van der Waals surface area (Å²) in [5, 5.41) is 0. The van der Waals surface area contributed by atoms with E-state index >= 15 is 0 Å². The second kappa shape index (κ2) is 7.63. The molecule has 112 valence electrons. The Morgan fingerprint density at radius 3 is 2.70 bits per heavy atom. The van der Waals surface area contributed by atoms with Gasteiger partial charge in [0.15, 0.2) is 0 Å². The molecule has 0 saturated heterocycles. The van der Waals surface area contributed by atoms with E-state index in [2.05, 4.69) is 11.9 Å². The summed E-state index contributed by atoms with van der Waals surface area (Å²) in [7, 11) is 1.67. The van der Waals surface area contributed by atoms with E-state index in [1.54, 1.807) is 13.3 Å². The van der Waals surface area contributed by atoms with Gasteiger partial charge in [-0.3, -0.25) is 4.98 Å². The predicted molar refractivity (Wildman–Crippen MR) is 82.7 cm³/mol. The molecule has 3 nitrogen and oxygen atoms in total. The van der Waals surface area contributed by atoms with Gasteiger partial charge in [0.05, 0.1) is 13.3 Å². The number of hydrogen-bond donors (Lipinski definition) is 1. The molecular formula is C17H28N2O. The zero-order valence-electron chi connectivity index (χ0n) is 12.8. The molecule has 1 aromatic heterocycles. The van der Waals surface area contributed by atoms with Crippen LogP contribution in [0, 0.1) is 11.8 Å². The van der Waals surface area contributed by atoms with Gasteiger partial charge >= 0.3 is 0 Å². The molecule has 1 aliphatic carbocycles. The average molecular weight is 276 g/mol. The summed E-state index contributed by atoms with van der Waals surface area (Å²) in [6, 6.07) is 2.13. The van der Waals surface area contributed by atoms with Gasteiger partial charge in [-0.2, -0.15) is 0 Å². The molecule has 2 rings (SSSR count). The maximum absolute atomic E-state index is 6.44. The molecule has 1 saturated carbocycles. The summed E-state index contributed by atoms with van der Waals surface area (Å²) in [5.74, 6) is 2.33. The van der Waals surface area contributed by atoms with Gasteiger partial charge in [-0.05, 0) is 36.3 Å². The van der Waals surface area contributed by atoms with Crippen molar-refractivity contribution in [1.29, 1.82) is 0 Å². The smallest absolute Gasteiger partial charge is 0.137 e. The van der Waals surface area contributed by atoms with Crippen molar-refractivity contribution < 1.29 is 4.74 Å². The van der Waals surface area contributed by atoms with Gasteiger partial charge in [-0.15, -0.1) is 0 Å². The molecule has 2 N–H and O–H groups in total. The van der Waals surface area contributed by atoms with Crippen molar-refractivity contribution in [3.05, 3.63) is 24.0 Å². The van der Waals surface area contributed by atoms with E-state index in [-0.39, 0.29) is 6.04 Å². The Labute approximate surface area is 122 Å². The standard InChI is InChI=1S/C17H28N2O/c1-3-4-5-13-6-8-14(9-7-13)17(18)15-10-16(20-2)12-19-11-15/h10-14,17H,3-9,18H2,1-2H3. The van der Waals surface area contributed by atoms with E-state index in [1.807, 2.05) is 12.3 Å². The fourth-order valence-electron chi connectivity index (χ4n) is 3.33. The van der Waals surface area contributed by atoms with E-state index in [9.17, 15) is 0 Å². The number of methoxy groups -OCH3 is 1. The van der Waals surface area contributed by atoms with Gasteiger partial charge in [-0.1, -0.05) is 39.0 Å². The van der Waals surface area contributed by atoms with Crippen LogP contribution in [0.4, 0.5) is 0 Å². The first kappa shape index (κ1) is 15.3. The Bertz CT molecular complexity index is 400. The van der Waals surface area contributed by atoms with Gasteiger partial charge in [0.1, 0.15) is 5.75 Å². The lowest BCUT2D eigenvalue weighted by atomic mass is 9.76. The summed E-state index contributed by atoms with van der Waals surface area (Å²) < 4.78 is 5.24. The molecule has 20 heavy (non-hydrogen) atoms. The zero-order chi connectivity index (χ0) is 14.4. The van der Waals surface area contributed by atoms with Crippen LogP contribution in [0.5, 0.6) is 5.75 Å². The Morgan fingerprint density at radius 1 is 1.30 bits per heavy atom. The van der Waals surface area contributed by atoms with Crippen LogP contribution < -0.4 is 10.5 Å². The van der Waals surface area contributed by atoms with Gasteiger partial charge in [0.25, 0.3) is 0 Å². The Kier molecular flexibility index (Phi) is 5.84. The van der Waals surface area contributed by atoms with Crippen LogP contribution in [0.3, 0.4) is 0 Å². The highest BCUT2D eigenvalue weighted by Gasteiger charge is 2.26. The van der Waals surface area contributed by atoms with Crippen LogP contribution in [0.15, 0.2) is 18.5 Å². The first-order valence-corrected chi connectivity index (χ1v) is 7.99. The molecule has 0 aromatic carbocycles. The molecule has 0 radical (unpaired) electrons. The SMILES string of the molecule is CCCCC1CCC(C(N)c2cncc(OC)c2)CC1. The molecule has 1 atom stereocenters. The summed E-state index contributed by atoms with van der Waals surface area (Å²) >= 11 is 0. The molecule has 1 heterocycles. The molecule has 0 bridgehead atoms. The highest BCUT2D eigenvalue weighted by Crippen LogP contribution is 2.37. The third kappa shape index (κ3) is 3.95. The number of aromatic nitrogens is 1. The Morgan fingerprint density at radius 2 is 2.05 bits per heavy atom. The quantitative estimate of drug-likeness (QED) is 0.851. The molecular weight excluding hydrogens is 248 g/mol.